The Morgan fingerprint density at radius 3 is 2.42 bits per heavy atom. The van der Waals surface area contributed by atoms with Crippen molar-refractivity contribution in [2.45, 2.75) is 19.8 Å². The number of carbonyl (C=O) groups excluding carboxylic acids is 2. The lowest BCUT2D eigenvalue weighted by molar-refractivity contribution is 0.0953. The molecule has 26 heavy (non-hydrogen) atoms. The van der Waals surface area contributed by atoms with Crippen molar-refractivity contribution >= 4 is 17.5 Å². The number of hydrogen-bond donors (Lipinski definition) is 2. The average molecular weight is 357 g/mol. The summed E-state index contributed by atoms with van der Waals surface area (Å²) in [6.07, 6.45) is 4.74. The molecule has 1 heterocycles. The van der Waals surface area contributed by atoms with Crippen LogP contribution in [0.4, 0.5) is 5.69 Å². The molecule has 0 unspecified atom stereocenters. The highest BCUT2D eigenvalue weighted by Gasteiger charge is 2.14. The van der Waals surface area contributed by atoms with E-state index in [-0.39, 0.29) is 17.4 Å². The number of nitrogens with one attached hydrogen (secondary N) is 2. The van der Waals surface area contributed by atoms with Gasteiger partial charge < -0.3 is 20.1 Å². The smallest absolute Gasteiger partial charge is 0.257 e. The van der Waals surface area contributed by atoms with Crippen molar-refractivity contribution in [3.05, 3.63) is 47.8 Å². The summed E-state index contributed by atoms with van der Waals surface area (Å²) in [5.74, 6) is 0.457. The molecule has 138 valence electrons. The lowest BCUT2D eigenvalue weighted by Gasteiger charge is -2.12. The Hall–Kier alpha value is -3.09. The molecular weight excluding hydrogens is 334 g/mol. The molecule has 0 spiro atoms. The van der Waals surface area contributed by atoms with Gasteiger partial charge in [-0.2, -0.15) is 0 Å². The van der Waals surface area contributed by atoms with Gasteiger partial charge in [-0.25, -0.2) is 0 Å². The Kier molecular flexibility index (Phi) is 6.96. The summed E-state index contributed by atoms with van der Waals surface area (Å²) >= 11 is 0. The van der Waals surface area contributed by atoms with E-state index >= 15 is 0 Å². The molecule has 0 aliphatic carbocycles. The lowest BCUT2D eigenvalue weighted by Crippen LogP contribution is -2.25. The van der Waals surface area contributed by atoms with Gasteiger partial charge in [-0.3, -0.25) is 14.6 Å². The van der Waals surface area contributed by atoms with E-state index in [0.717, 1.165) is 12.8 Å². The molecule has 0 bridgehead atoms. The van der Waals surface area contributed by atoms with Crippen LogP contribution in [0.25, 0.3) is 0 Å². The molecule has 1 aromatic carbocycles. The maximum absolute atomic E-state index is 12.5. The Bertz CT molecular complexity index is 777. The number of anilines is 1. The molecule has 7 heteroatoms. The second-order valence-corrected chi connectivity index (χ2v) is 5.59. The molecular formula is C19H23N3O4. The first kappa shape index (κ1) is 19.2. The first-order valence-electron chi connectivity index (χ1n) is 8.35. The van der Waals surface area contributed by atoms with Crippen LogP contribution in [-0.2, 0) is 0 Å². The molecule has 0 saturated carbocycles. The number of benzene rings is 1. The fraction of sp³-hybridized carbons (Fsp3) is 0.316. The Labute approximate surface area is 152 Å². The van der Waals surface area contributed by atoms with Gasteiger partial charge in [0.15, 0.2) is 0 Å². The number of unbranched alkanes of at least 4 members (excludes halogenated alkanes) is 1. The van der Waals surface area contributed by atoms with Crippen LogP contribution in [0, 0.1) is 0 Å². The van der Waals surface area contributed by atoms with Crippen molar-refractivity contribution in [1.82, 2.24) is 10.3 Å². The Balaban J connectivity index is 2.13. The van der Waals surface area contributed by atoms with Gasteiger partial charge >= 0.3 is 0 Å². The van der Waals surface area contributed by atoms with Crippen LogP contribution in [-0.4, -0.2) is 37.6 Å². The Morgan fingerprint density at radius 2 is 1.77 bits per heavy atom. The quantitative estimate of drug-likeness (QED) is 0.709. The monoisotopic (exact) mass is 357 g/mol. The molecule has 0 saturated heterocycles. The molecule has 2 rings (SSSR count). The van der Waals surface area contributed by atoms with Crippen molar-refractivity contribution < 1.29 is 19.1 Å². The minimum absolute atomic E-state index is 0.248. The number of rotatable bonds is 8. The van der Waals surface area contributed by atoms with Gasteiger partial charge in [0.1, 0.15) is 11.5 Å². The number of carbonyl (C=O) groups is 2. The van der Waals surface area contributed by atoms with E-state index in [0.29, 0.717) is 29.3 Å². The molecule has 0 atom stereocenters. The molecule has 0 radical (unpaired) electrons. The second kappa shape index (κ2) is 9.41. The summed E-state index contributed by atoms with van der Waals surface area (Å²) in [6.45, 7) is 2.64. The maximum atomic E-state index is 12.5. The zero-order valence-corrected chi connectivity index (χ0v) is 15.2. The number of aromatic nitrogens is 1. The largest absolute Gasteiger partial charge is 0.497 e. The predicted octanol–water partition coefficient (Wildman–Crippen LogP) is 2.88. The Morgan fingerprint density at radius 1 is 1.04 bits per heavy atom. The standard InChI is InChI=1S/C19H23N3O4/c1-4-5-8-21-18(23)13-9-14(12-20-11-13)19(24)22-16-7-6-15(25-2)10-17(16)26-3/h6-7,9-12H,4-5,8H2,1-3H3,(H,21,23)(H,22,24). The van der Waals surface area contributed by atoms with E-state index in [1.807, 2.05) is 6.92 Å². The number of methoxy groups -OCH3 is 2. The number of amides is 2. The zero-order valence-electron chi connectivity index (χ0n) is 15.2. The average Bonchev–Trinajstić information content (AvgIpc) is 2.68. The summed E-state index contributed by atoms with van der Waals surface area (Å²) < 4.78 is 10.4. The van der Waals surface area contributed by atoms with Gasteiger partial charge in [0.05, 0.1) is 31.0 Å². The van der Waals surface area contributed by atoms with E-state index < -0.39 is 0 Å². The minimum Gasteiger partial charge on any atom is -0.497 e. The van der Waals surface area contributed by atoms with Gasteiger partial charge in [0.25, 0.3) is 11.8 Å². The number of nitrogens with zero attached hydrogens (tertiary/aromatic N) is 1. The number of ether oxygens (including phenoxy) is 2. The van der Waals surface area contributed by atoms with E-state index in [2.05, 4.69) is 15.6 Å². The first-order chi connectivity index (χ1) is 12.6. The van der Waals surface area contributed by atoms with Crippen molar-refractivity contribution in [3.8, 4) is 11.5 Å². The van der Waals surface area contributed by atoms with Crippen LogP contribution in [0.1, 0.15) is 40.5 Å². The van der Waals surface area contributed by atoms with E-state index in [1.165, 1.54) is 25.6 Å². The molecule has 1 aromatic heterocycles. The van der Waals surface area contributed by atoms with Crippen molar-refractivity contribution in [2.24, 2.45) is 0 Å². The van der Waals surface area contributed by atoms with Crippen molar-refractivity contribution in [2.75, 3.05) is 26.1 Å². The highest BCUT2D eigenvalue weighted by molar-refractivity contribution is 6.06. The van der Waals surface area contributed by atoms with Gasteiger partial charge in [0.2, 0.25) is 0 Å². The molecule has 0 aliphatic rings. The summed E-state index contributed by atoms with van der Waals surface area (Å²) in [7, 11) is 3.06. The van der Waals surface area contributed by atoms with Crippen LogP contribution < -0.4 is 20.1 Å². The molecule has 2 aromatic rings. The predicted molar refractivity (Wildman–Crippen MR) is 99.0 cm³/mol. The third kappa shape index (κ3) is 4.95. The normalized spacial score (nSPS) is 10.1. The fourth-order valence-corrected chi connectivity index (χ4v) is 2.27. The van der Waals surface area contributed by atoms with Crippen molar-refractivity contribution in [3.63, 3.8) is 0 Å². The van der Waals surface area contributed by atoms with Crippen LogP contribution >= 0.6 is 0 Å². The molecule has 2 N–H and O–H groups in total. The van der Waals surface area contributed by atoms with Crippen molar-refractivity contribution in [1.29, 1.82) is 0 Å². The third-order valence-electron chi connectivity index (χ3n) is 3.74. The maximum Gasteiger partial charge on any atom is 0.257 e. The highest BCUT2D eigenvalue weighted by Crippen LogP contribution is 2.29. The van der Waals surface area contributed by atoms with Gasteiger partial charge in [0, 0.05) is 25.0 Å². The van der Waals surface area contributed by atoms with Crippen LogP contribution in [0.3, 0.4) is 0 Å². The fourth-order valence-electron chi connectivity index (χ4n) is 2.27. The van der Waals surface area contributed by atoms with E-state index in [9.17, 15) is 9.59 Å². The lowest BCUT2D eigenvalue weighted by atomic mass is 10.1. The SMILES string of the molecule is CCCCNC(=O)c1cncc(C(=O)Nc2ccc(OC)cc2OC)c1. The van der Waals surface area contributed by atoms with Crippen LogP contribution in [0.15, 0.2) is 36.7 Å². The third-order valence-corrected chi connectivity index (χ3v) is 3.74. The summed E-state index contributed by atoms with van der Waals surface area (Å²) in [5.41, 5.74) is 1.12. The van der Waals surface area contributed by atoms with Crippen LogP contribution in [0.2, 0.25) is 0 Å². The van der Waals surface area contributed by atoms with Gasteiger partial charge in [-0.1, -0.05) is 13.3 Å². The first-order valence-corrected chi connectivity index (χ1v) is 8.35. The van der Waals surface area contributed by atoms with Gasteiger partial charge in [-0.15, -0.1) is 0 Å². The summed E-state index contributed by atoms with van der Waals surface area (Å²) in [6, 6.07) is 6.59. The topological polar surface area (TPSA) is 89.6 Å². The second-order valence-electron chi connectivity index (χ2n) is 5.59. The van der Waals surface area contributed by atoms with E-state index in [4.69, 9.17) is 9.47 Å². The zero-order chi connectivity index (χ0) is 18.9. The molecule has 0 fully saturated rings. The number of hydrogen-bond acceptors (Lipinski definition) is 5. The van der Waals surface area contributed by atoms with Crippen LogP contribution in [0.5, 0.6) is 11.5 Å². The minimum atomic E-state index is -0.385. The summed E-state index contributed by atoms with van der Waals surface area (Å²) in [4.78, 5) is 28.6. The summed E-state index contributed by atoms with van der Waals surface area (Å²) in [5, 5.41) is 5.56. The van der Waals surface area contributed by atoms with Gasteiger partial charge in [-0.05, 0) is 24.6 Å². The van der Waals surface area contributed by atoms with E-state index in [1.54, 1.807) is 25.3 Å². The molecule has 7 nitrogen and oxygen atoms in total. The highest BCUT2D eigenvalue weighted by atomic mass is 16.5. The number of pyridine rings is 1. The molecule has 0 aliphatic heterocycles. The molecule has 2 amide bonds.